The Morgan fingerprint density at radius 3 is 2.89 bits per heavy atom. The third-order valence-electron chi connectivity index (χ3n) is 5.60. The Morgan fingerprint density at radius 1 is 1.36 bits per heavy atom. The van der Waals surface area contributed by atoms with E-state index < -0.39 is 12.0 Å². The van der Waals surface area contributed by atoms with Crippen molar-refractivity contribution in [2.24, 2.45) is 5.73 Å². The minimum atomic E-state index is -0.561. The van der Waals surface area contributed by atoms with Gasteiger partial charge in [0.1, 0.15) is 11.9 Å². The van der Waals surface area contributed by atoms with E-state index >= 15 is 0 Å². The van der Waals surface area contributed by atoms with Crippen LogP contribution in [0.4, 0.5) is 0 Å². The molecule has 0 spiro atoms. The molecule has 2 aliphatic rings. The molecule has 7 nitrogen and oxygen atoms in total. The fourth-order valence-electron chi connectivity index (χ4n) is 4.15. The summed E-state index contributed by atoms with van der Waals surface area (Å²) in [7, 11) is 0. The molecule has 1 amide bonds. The molecular formula is C19H27N5O2S2. The van der Waals surface area contributed by atoms with Crippen LogP contribution in [0, 0.1) is 4.77 Å². The number of amides is 1. The van der Waals surface area contributed by atoms with Crippen molar-refractivity contribution in [3.63, 3.8) is 0 Å². The van der Waals surface area contributed by atoms with Gasteiger partial charge in [-0.25, -0.2) is 4.68 Å². The summed E-state index contributed by atoms with van der Waals surface area (Å²) < 4.78 is 10.4. The zero-order valence-corrected chi connectivity index (χ0v) is 17.6. The van der Waals surface area contributed by atoms with Gasteiger partial charge in [0.15, 0.2) is 4.77 Å². The van der Waals surface area contributed by atoms with Crippen molar-refractivity contribution in [3.05, 3.63) is 33.0 Å². The molecule has 1 aliphatic carbocycles. The first-order chi connectivity index (χ1) is 13.6. The highest BCUT2D eigenvalue weighted by atomic mass is 32.1. The molecule has 2 N–H and O–H groups in total. The van der Waals surface area contributed by atoms with Crippen molar-refractivity contribution in [3.8, 4) is 0 Å². The van der Waals surface area contributed by atoms with Crippen LogP contribution in [-0.4, -0.2) is 51.0 Å². The van der Waals surface area contributed by atoms with E-state index in [1.807, 2.05) is 4.68 Å². The number of hydrogen-bond donors (Lipinski definition) is 1. The normalized spacial score (nSPS) is 21.8. The highest BCUT2D eigenvalue weighted by Crippen LogP contribution is 2.30. The number of hydrogen-bond acceptors (Lipinski definition) is 6. The van der Waals surface area contributed by atoms with Gasteiger partial charge in [-0.15, -0.1) is 11.3 Å². The number of rotatable bonds is 6. The van der Waals surface area contributed by atoms with Gasteiger partial charge < -0.3 is 15.0 Å². The summed E-state index contributed by atoms with van der Waals surface area (Å²) in [6, 6.07) is 4.67. The zero-order valence-electron chi connectivity index (χ0n) is 16.0. The number of primary amides is 1. The summed E-state index contributed by atoms with van der Waals surface area (Å²) in [5, 5.41) is 7.01. The molecule has 0 bridgehead atoms. The molecule has 1 unspecified atom stereocenters. The van der Waals surface area contributed by atoms with Crippen LogP contribution in [0.1, 0.15) is 48.8 Å². The number of carbonyl (C=O) groups excluding carboxylic acids is 1. The van der Waals surface area contributed by atoms with Crippen LogP contribution < -0.4 is 5.73 Å². The molecule has 0 radical (unpaired) electrons. The first-order valence-electron chi connectivity index (χ1n) is 9.95. The van der Waals surface area contributed by atoms with Gasteiger partial charge in [-0.1, -0.05) is 25.3 Å². The second-order valence-electron chi connectivity index (χ2n) is 7.60. The van der Waals surface area contributed by atoms with E-state index in [0.29, 0.717) is 25.9 Å². The van der Waals surface area contributed by atoms with Crippen LogP contribution in [-0.2, 0) is 22.6 Å². The second kappa shape index (κ2) is 8.86. The van der Waals surface area contributed by atoms with E-state index in [1.165, 1.54) is 37.0 Å². The van der Waals surface area contributed by atoms with Crippen molar-refractivity contribution in [2.75, 3.05) is 19.7 Å². The van der Waals surface area contributed by atoms with Crippen LogP contribution >= 0.6 is 23.6 Å². The van der Waals surface area contributed by atoms with Crippen molar-refractivity contribution in [2.45, 2.75) is 57.3 Å². The molecule has 152 valence electrons. The number of morpholine rings is 1. The van der Waals surface area contributed by atoms with Crippen molar-refractivity contribution >= 4 is 29.5 Å². The van der Waals surface area contributed by atoms with E-state index in [-0.39, 0.29) is 0 Å². The maximum absolute atomic E-state index is 11.5. The highest BCUT2D eigenvalue weighted by Gasteiger charge is 2.27. The van der Waals surface area contributed by atoms with E-state index in [9.17, 15) is 4.79 Å². The molecule has 1 aliphatic heterocycles. The summed E-state index contributed by atoms with van der Waals surface area (Å²) in [5.74, 6) is 0.624. The third kappa shape index (κ3) is 4.37. The lowest BCUT2D eigenvalue weighted by atomic mass is 9.95. The molecule has 9 heteroatoms. The molecule has 28 heavy (non-hydrogen) atoms. The van der Waals surface area contributed by atoms with Crippen LogP contribution in [0.3, 0.4) is 0 Å². The summed E-state index contributed by atoms with van der Waals surface area (Å²) >= 11 is 7.61. The van der Waals surface area contributed by atoms with Gasteiger partial charge in [-0.3, -0.25) is 9.69 Å². The van der Waals surface area contributed by atoms with Crippen LogP contribution in [0.15, 0.2) is 17.5 Å². The molecule has 1 saturated carbocycles. The molecule has 2 aromatic rings. The fourth-order valence-corrected chi connectivity index (χ4v) is 5.20. The summed E-state index contributed by atoms with van der Waals surface area (Å²) in [6.45, 7) is 2.27. The Balaban J connectivity index is 1.59. The van der Waals surface area contributed by atoms with Crippen LogP contribution in [0.5, 0.6) is 0 Å². The number of nitrogens with zero attached hydrogens (tertiary/aromatic N) is 4. The third-order valence-corrected chi connectivity index (χ3v) is 6.88. The largest absolute Gasteiger partial charge is 0.367 e. The highest BCUT2D eigenvalue weighted by molar-refractivity contribution is 7.71. The van der Waals surface area contributed by atoms with Gasteiger partial charge in [0.2, 0.25) is 5.91 Å². The molecule has 1 atom stereocenters. The monoisotopic (exact) mass is 421 g/mol. The lowest BCUT2D eigenvalue weighted by Crippen LogP contribution is -2.48. The van der Waals surface area contributed by atoms with Crippen molar-refractivity contribution in [1.82, 2.24) is 19.2 Å². The summed E-state index contributed by atoms with van der Waals surface area (Å²) in [6.07, 6.45) is 6.38. The maximum Gasteiger partial charge on any atom is 0.247 e. The van der Waals surface area contributed by atoms with E-state index in [0.717, 1.165) is 23.6 Å². The topological polar surface area (TPSA) is 78.3 Å². The SMILES string of the molecule is NC(=O)C1CN(Cn2nc(Cc3cccs3)n(C3CCCCC3)c2=S)CCO1. The average Bonchev–Trinajstić information content (AvgIpc) is 3.31. The number of carbonyl (C=O) groups is 1. The first kappa shape index (κ1) is 19.8. The molecule has 3 heterocycles. The van der Waals surface area contributed by atoms with E-state index in [1.54, 1.807) is 11.3 Å². The lowest BCUT2D eigenvalue weighted by molar-refractivity contribution is -0.136. The standard InChI is InChI=1S/C19H27N5O2S2/c20-18(25)16-12-22(8-9-26-16)13-23-19(27)24(14-5-2-1-3-6-14)17(21-23)11-15-7-4-10-28-15/h4,7,10,14,16H,1-3,5-6,8-9,11-13H2,(H2,20,25). The summed E-state index contributed by atoms with van der Waals surface area (Å²) in [5.41, 5.74) is 5.42. The van der Waals surface area contributed by atoms with Crippen LogP contribution in [0.25, 0.3) is 0 Å². The molecule has 2 aromatic heterocycles. The molecular weight excluding hydrogens is 394 g/mol. The minimum Gasteiger partial charge on any atom is -0.367 e. The Morgan fingerprint density at radius 2 is 2.18 bits per heavy atom. The minimum absolute atomic E-state index is 0.417. The number of ether oxygens (including phenoxy) is 1. The van der Waals surface area contributed by atoms with E-state index in [2.05, 4.69) is 27.0 Å². The van der Waals surface area contributed by atoms with E-state index in [4.69, 9.17) is 27.8 Å². The van der Waals surface area contributed by atoms with Crippen molar-refractivity contribution in [1.29, 1.82) is 0 Å². The summed E-state index contributed by atoms with van der Waals surface area (Å²) in [4.78, 5) is 14.9. The lowest BCUT2D eigenvalue weighted by Gasteiger charge is -2.30. The van der Waals surface area contributed by atoms with Gasteiger partial charge in [0, 0.05) is 30.4 Å². The van der Waals surface area contributed by atoms with Gasteiger partial charge in [-0.05, 0) is 36.5 Å². The predicted molar refractivity (Wildman–Crippen MR) is 111 cm³/mol. The molecule has 0 aromatic carbocycles. The fraction of sp³-hybridized carbons (Fsp3) is 0.632. The van der Waals surface area contributed by atoms with Gasteiger partial charge >= 0.3 is 0 Å². The molecule has 4 rings (SSSR count). The quantitative estimate of drug-likeness (QED) is 0.726. The number of aromatic nitrogens is 3. The van der Waals surface area contributed by atoms with Gasteiger partial charge in [0.25, 0.3) is 0 Å². The van der Waals surface area contributed by atoms with Crippen molar-refractivity contribution < 1.29 is 9.53 Å². The smallest absolute Gasteiger partial charge is 0.247 e. The first-order valence-corrected chi connectivity index (χ1v) is 11.2. The Labute approximate surface area is 174 Å². The zero-order chi connectivity index (χ0) is 19.5. The molecule has 1 saturated heterocycles. The van der Waals surface area contributed by atoms with Crippen LogP contribution in [0.2, 0.25) is 0 Å². The van der Waals surface area contributed by atoms with Gasteiger partial charge in [-0.2, -0.15) is 5.10 Å². The Bertz CT molecular complexity index is 854. The second-order valence-corrected chi connectivity index (χ2v) is 8.99. The average molecular weight is 422 g/mol. The predicted octanol–water partition coefficient (Wildman–Crippen LogP) is 2.72. The molecule has 2 fully saturated rings. The number of nitrogens with two attached hydrogens (primary N) is 1. The Kier molecular flexibility index (Phi) is 6.25. The Hall–Kier alpha value is -1.55. The maximum atomic E-state index is 11.5. The number of thiophene rings is 1. The van der Waals surface area contributed by atoms with Gasteiger partial charge in [0.05, 0.1) is 13.3 Å².